The van der Waals surface area contributed by atoms with Gasteiger partial charge in [0.1, 0.15) is 11.3 Å². The summed E-state index contributed by atoms with van der Waals surface area (Å²) in [6.07, 6.45) is 2.55. The summed E-state index contributed by atoms with van der Waals surface area (Å²) in [5, 5.41) is 6.95. The number of nitrogens with one attached hydrogen (secondary N) is 1. The average molecular weight is 286 g/mol. The van der Waals surface area contributed by atoms with Gasteiger partial charge in [-0.25, -0.2) is 0 Å². The van der Waals surface area contributed by atoms with Crippen molar-refractivity contribution in [2.24, 2.45) is 0 Å². The van der Waals surface area contributed by atoms with Crippen LogP contribution in [0, 0.1) is 6.92 Å². The SMILES string of the molecule is CCc1noc(C)c1C(=O)N[C@@H](C)CCc1ccccc1. The van der Waals surface area contributed by atoms with Crippen LogP contribution in [0.4, 0.5) is 0 Å². The molecule has 1 aromatic carbocycles. The second-order valence-electron chi connectivity index (χ2n) is 5.31. The quantitative estimate of drug-likeness (QED) is 0.886. The summed E-state index contributed by atoms with van der Waals surface area (Å²) in [5.41, 5.74) is 2.60. The van der Waals surface area contributed by atoms with Crippen LogP contribution in [0.25, 0.3) is 0 Å². The highest BCUT2D eigenvalue weighted by molar-refractivity contribution is 5.96. The normalized spacial score (nSPS) is 12.1. The monoisotopic (exact) mass is 286 g/mol. The molecule has 0 fully saturated rings. The van der Waals surface area contributed by atoms with E-state index in [-0.39, 0.29) is 11.9 Å². The van der Waals surface area contributed by atoms with Crippen molar-refractivity contribution in [3.05, 3.63) is 52.9 Å². The summed E-state index contributed by atoms with van der Waals surface area (Å²) in [6, 6.07) is 10.4. The zero-order chi connectivity index (χ0) is 15.2. The summed E-state index contributed by atoms with van der Waals surface area (Å²) >= 11 is 0. The third-order valence-electron chi connectivity index (χ3n) is 3.58. The van der Waals surface area contributed by atoms with Gasteiger partial charge in [-0.2, -0.15) is 0 Å². The minimum atomic E-state index is -0.0915. The molecule has 1 N–H and O–H groups in total. The Morgan fingerprint density at radius 2 is 2.05 bits per heavy atom. The van der Waals surface area contributed by atoms with Gasteiger partial charge in [0.2, 0.25) is 0 Å². The Bertz CT molecular complexity index is 590. The van der Waals surface area contributed by atoms with Crippen LogP contribution in [0.2, 0.25) is 0 Å². The molecule has 2 rings (SSSR count). The van der Waals surface area contributed by atoms with Crippen LogP contribution in [-0.4, -0.2) is 17.1 Å². The Hall–Kier alpha value is -2.10. The van der Waals surface area contributed by atoms with Gasteiger partial charge in [0.25, 0.3) is 5.91 Å². The van der Waals surface area contributed by atoms with E-state index in [9.17, 15) is 4.79 Å². The first-order valence-electron chi connectivity index (χ1n) is 7.41. The van der Waals surface area contributed by atoms with Gasteiger partial charge in [-0.3, -0.25) is 4.79 Å². The lowest BCUT2D eigenvalue weighted by Gasteiger charge is -2.14. The predicted octanol–water partition coefficient (Wildman–Crippen LogP) is 3.30. The number of hydrogen-bond donors (Lipinski definition) is 1. The fraction of sp³-hybridized carbons (Fsp3) is 0.412. The molecule has 0 saturated carbocycles. The first-order chi connectivity index (χ1) is 10.1. The molecule has 0 radical (unpaired) electrons. The molecular formula is C17H22N2O2. The lowest BCUT2D eigenvalue weighted by Crippen LogP contribution is -2.33. The molecule has 4 nitrogen and oxygen atoms in total. The number of aryl methyl sites for hydroxylation is 3. The van der Waals surface area contributed by atoms with Crippen molar-refractivity contribution in [1.29, 1.82) is 0 Å². The molecule has 1 atom stereocenters. The van der Waals surface area contributed by atoms with Gasteiger partial charge in [-0.05, 0) is 38.7 Å². The number of nitrogens with zero attached hydrogens (tertiary/aromatic N) is 1. The number of carbonyl (C=O) groups is 1. The van der Waals surface area contributed by atoms with E-state index in [0.717, 1.165) is 18.5 Å². The minimum absolute atomic E-state index is 0.0915. The smallest absolute Gasteiger partial charge is 0.257 e. The van der Waals surface area contributed by atoms with Gasteiger partial charge in [0, 0.05) is 6.04 Å². The molecule has 1 heterocycles. The number of hydrogen-bond acceptors (Lipinski definition) is 3. The zero-order valence-electron chi connectivity index (χ0n) is 12.8. The van der Waals surface area contributed by atoms with Crippen molar-refractivity contribution in [3.63, 3.8) is 0 Å². The van der Waals surface area contributed by atoms with Crippen LogP contribution in [0.3, 0.4) is 0 Å². The molecule has 112 valence electrons. The summed E-state index contributed by atoms with van der Waals surface area (Å²) in [5.74, 6) is 0.491. The fourth-order valence-corrected chi connectivity index (χ4v) is 2.35. The molecule has 0 saturated heterocycles. The summed E-state index contributed by atoms with van der Waals surface area (Å²) < 4.78 is 5.11. The number of amides is 1. The van der Waals surface area contributed by atoms with E-state index in [1.807, 2.05) is 32.0 Å². The van der Waals surface area contributed by atoms with E-state index in [0.29, 0.717) is 17.7 Å². The lowest BCUT2D eigenvalue weighted by molar-refractivity contribution is 0.0936. The van der Waals surface area contributed by atoms with Crippen LogP contribution in [0.15, 0.2) is 34.9 Å². The highest BCUT2D eigenvalue weighted by atomic mass is 16.5. The third kappa shape index (κ3) is 3.94. The van der Waals surface area contributed by atoms with Crippen molar-refractivity contribution in [3.8, 4) is 0 Å². The first kappa shape index (κ1) is 15.3. The van der Waals surface area contributed by atoms with Crippen molar-refractivity contribution in [2.75, 3.05) is 0 Å². The maximum Gasteiger partial charge on any atom is 0.257 e. The van der Waals surface area contributed by atoms with Crippen LogP contribution in [-0.2, 0) is 12.8 Å². The molecule has 0 aliphatic heterocycles. The van der Waals surface area contributed by atoms with Crippen molar-refractivity contribution >= 4 is 5.91 Å². The number of rotatable bonds is 6. The van der Waals surface area contributed by atoms with Crippen molar-refractivity contribution in [1.82, 2.24) is 10.5 Å². The van der Waals surface area contributed by atoms with E-state index in [2.05, 4.69) is 22.6 Å². The first-order valence-corrected chi connectivity index (χ1v) is 7.41. The Labute approximate surface area is 125 Å². The molecule has 2 aromatic rings. The zero-order valence-corrected chi connectivity index (χ0v) is 12.8. The van der Waals surface area contributed by atoms with Gasteiger partial charge in [-0.1, -0.05) is 42.4 Å². The van der Waals surface area contributed by atoms with E-state index < -0.39 is 0 Å². The summed E-state index contributed by atoms with van der Waals surface area (Å²) in [7, 11) is 0. The van der Waals surface area contributed by atoms with Crippen LogP contribution in [0.5, 0.6) is 0 Å². The predicted molar refractivity (Wildman–Crippen MR) is 82.3 cm³/mol. The third-order valence-corrected chi connectivity index (χ3v) is 3.58. The molecule has 4 heteroatoms. The Morgan fingerprint density at radius 3 is 2.71 bits per heavy atom. The van der Waals surface area contributed by atoms with Gasteiger partial charge in [0.05, 0.1) is 5.69 Å². The number of carbonyl (C=O) groups excluding carboxylic acids is 1. The maximum absolute atomic E-state index is 12.3. The molecule has 1 aromatic heterocycles. The summed E-state index contributed by atoms with van der Waals surface area (Å²) in [6.45, 7) is 5.76. The van der Waals surface area contributed by atoms with E-state index >= 15 is 0 Å². The Kier molecular flexibility index (Phi) is 5.14. The standard InChI is InChI=1S/C17H22N2O2/c1-4-15-16(13(3)21-19-15)17(20)18-12(2)10-11-14-8-6-5-7-9-14/h5-9,12H,4,10-11H2,1-3H3,(H,18,20)/t12-/m0/s1. The minimum Gasteiger partial charge on any atom is -0.361 e. The second-order valence-corrected chi connectivity index (χ2v) is 5.31. The molecule has 0 unspecified atom stereocenters. The average Bonchev–Trinajstić information content (AvgIpc) is 2.87. The van der Waals surface area contributed by atoms with Gasteiger partial charge in [-0.15, -0.1) is 0 Å². The Morgan fingerprint density at radius 1 is 1.33 bits per heavy atom. The van der Waals surface area contributed by atoms with Crippen molar-refractivity contribution in [2.45, 2.75) is 46.1 Å². The topological polar surface area (TPSA) is 55.1 Å². The molecular weight excluding hydrogens is 264 g/mol. The van der Waals surface area contributed by atoms with E-state index in [1.165, 1.54) is 5.56 Å². The highest BCUT2D eigenvalue weighted by Gasteiger charge is 2.20. The van der Waals surface area contributed by atoms with E-state index in [4.69, 9.17) is 4.52 Å². The molecule has 0 aliphatic rings. The van der Waals surface area contributed by atoms with Crippen LogP contribution < -0.4 is 5.32 Å². The fourth-order valence-electron chi connectivity index (χ4n) is 2.35. The van der Waals surface area contributed by atoms with Gasteiger partial charge >= 0.3 is 0 Å². The largest absolute Gasteiger partial charge is 0.361 e. The van der Waals surface area contributed by atoms with E-state index in [1.54, 1.807) is 6.92 Å². The van der Waals surface area contributed by atoms with Crippen LogP contribution in [0.1, 0.15) is 47.6 Å². The highest BCUT2D eigenvalue weighted by Crippen LogP contribution is 2.14. The summed E-state index contributed by atoms with van der Waals surface area (Å²) in [4.78, 5) is 12.3. The number of benzene rings is 1. The Balaban J connectivity index is 1.91. The van der Waals surface area contributed by atoms with Crippen LogP contribution >= 0.6 is 0 Å². The van der Waals surface area contributed by atoms with Gasteiger partial charge in [0.15, 0.2) is 0 Å². The van der Waals surface area contributed by atoms with Gasteiger partial charge < -0.3 is 9.84 Å². The molecule has 21 heavy (non-hydrogen) atoms. The number of aromatic nitrogens is 1. The molecule has 1 amide bonds. The van der Waals surface area contributed by atoms with Crippen molar-refractivity contribution < 1.29 is 9.32 Å². The second kappa shape index (κ2) is 7.07. The molecule has 0 spiro atoms. The maximum atomic E-state index is 12.3. The molecule has 0 bridgehead atoms. The lowest BCUT2D eigenvalue weighted by atomic mass is 10.1. The molecule has 0 aliphatic carbocycles.